The summed E-state index contributed by atoms with van der Waals surface area (Å²) in [5.41, 5.74) is 0.777. The van der Waals surface area contributed by atoms with Gasteiger partial charge in [0.25, 0.3) is 5.91 Å². The highest BCUT2D eigenvalue weighted by atomic mass is 16.5. The summed E-state index contributed by atoms with van der Waals surface area (Å²) in [5.74, 6) is 0.116. The molecule has 148 valence electrons. The summed E-state index contributed by atoms with van der Waals surface area (Å²) in [6, 6.07) is 5.68. The second-order valence-electron chi connectivity index (χ2n) is 7.65. The molecule has 2 heterocycles. The summed E-state index contributed by atoms with van der Waals surface area (Å²) in [4.78, 5) is 25.4. The molecule has 0 aliphatic carbocycles. The molecule has 0 spiro atoms. The molecule has 0 radical (unpaired) electrons. The summed E-state index contributed by atoms with van der Waals surface area (Å²) in [6.45, 7) is 5.23. The SMILES string of the molecule is CC1(C)Cc2cccc(OCC(=O)N(CCC(=O)O)C3CCOCC3)c2O1. The van der Waals surface area contributed by atoms with Crippen LogP contribution >= 0.6 is 0 Å². The highest BCUT2D eigenvalue weighted by molar-refractivity contribution is 5.79. The lowest BCUT2D eigenvalue weighted by Gasteiger charge is -2.34. The van der Waals surface area contributed by atoms with Crippen LogP contribution in [0, 0.1) is 0 Å². The Labute approximate surface area is 159 Å². The predicted octanol–water partition coefficient (Wildman–Crippen LogP) is 2.26. The molecule has 1 aromatic rings. The number of ether oxygens (including phenoxy) is 3. The monoisotopic (exact) mass is 377 g/mol. The Bertz CT molecular complexity index is 696. The van der Waals surface area contributed by atoms with Gasteiger partial charge in [-0.3, -0.25) is 9.59 Å². The molecule has 1 aromatic carbocycles. The zero-order chi connectivity index (χ0) is 19.4. The maximum atomic E-state index is 12.8. The van der Waals surface area contributed by atoms with Crippen LogP contribution in [0.3, 0.4) is 0 Å². The van der Waals surface area contributed by atoms with Crippen molar-refractivity contribution in [2.45, 2.75) is 51.2 Å². The van der Waals surface area contributed by atoms with Gasteiger partial charge in [0.1, 0.15) is 5.60 Å². The van der Waals surface area contributed by atoms with E-state index >= 15 is 0 Å². The molecule has 1 amide bonds. The second kappa shape index (κ2) is 8.17. The van der Waals surface area contributed by atoms with Gasteiger partial charge < -0.3 is 24.2 Å². The highest BCUT2D eigenvalue weighted by Crippen LogP contribution is 2.41. The Kier molecular flexibility index (Phi) is 5.89. The van der Waals surface area contributed by atoms with Gasteiger partial charge in [-0.05, 0) is 32.8 Å². The maximum absolute atomic E-state index is 12.8. The minimum absolute atomic E-state index is 0.00845. The zero-order valence-electron chi connectivity index (χ0n) is 15.9. The van der Waals surface area contributed by atoms with Crippen LogP contribution in [0.5, 0.6) is 11.5 Å². The molecule has 2 aliphatic heterocycles. The molecule has 1 N–H and O–H groups in total. The Morgan fingerprint density at radius 2 is 2.04 bits per heavy atom. The van der Waals surface area contributed by atoms with Crippen LogP contribution in [0.2, 0.25) is 0 Å². The van der Waals surface area contributed by atoms with Gasteiger partial charge in [0.05, 0.1) is 6.42 Å². The number of amides is 1. The summed E-state index contributed by atoms with van der Waals surface area (Å²) in [7, 11) is 0. The molecule has 3 rings (SSSR count). The molecule has 7 nitrogen and oxygen atoms in total. The van der Waals surface area contributed by atoms with E-state index in [-0.39, 0.29) is 37.1 Å². The van der Waals surface area contributed by atoms with Gasteiger partial charge in [-0.15, -0.1) is 0 Å². The molecule has 0 bridgehead atoms. The number of hydrogen-bond donors (Lipinski definition) is 1. The Morgan fingerprint density at radius 1 is 1.30 bits per heavy atom. The van der Waals surface area contributed by atoms with E-state index in [1.54, 1.807) is 11.0 Å². The minimum Gasteiger partial charge on any atom is -0.483 e. The first-order valence-corrected chi connectivity index (χ1v) is 9.38. The molecule has 7 heteroatoms. The summed E-state index contributed by atoms with van der Waals surface area (Å²) in [5, 5.41) is 8.99. The van der Waals surface area contributed by atoms with Gasteiger partial charge in [-0.1, -0.05) is 12.1 Å². The predicted molar refractivity (Wildman–Crippen MR) is 98.2 cm³/mol. The zero-order valence-corrected chi connectivity index (χ0v) is 15.9. The second-order valence-corrected chi connectivity index (χ2v) is 7.65. The Morgan fingerprint density at radius 3 is 2.74 bits per heavy atom. The van der Waals surface area contributed by atoms with Gasteiger partial charge in [0.2, 0.25) is 0 Å². The van der Waals surface area contributed by atoms with E-state index in [9.17, 15) is 9.59 Å². The molecule has 1 fully saturated rings. The maximum Gasteiger partial charge on any atom is 0.305 e. The number of benzene rings is 1. The van der Waals surface area contributed by atoms with Crippen molar-refractivity contribution >= 4 is 11.9 Å². The smallest absolute Gasteiger partial charge is 0.305 e. The lowest BCUT2D eigenvalue weighted by molar-refractivity contribution is -0.141. The number of para-hydroxylation sites is 1. The molecule has 1 saturated heterocycles. The quantitative estimate of drug-likeness (QED) is 0.785. The number of rotatable bonds is 7. The number of carbonyl (C=O) groups excluding carboxylic acids is 1. The third-order valence-corrected chi connectivity index (χ3v) is 4.92. The summed E-state index contributed by atoms with van der Waals surface area (Å²) >= 11 is 0. The molecule has 0 atom stereocenters. The molecular formula is C20H27NO6. The Hall–Kier alpha value is -2.28. The average Bonchev–Trinajstić information content (AvgIpc) is 2.95. The highest BCUT2D eigenvalue weighted by Gasteiger charge is 2.33. The first-order chi connectivity index (χ1) is 12.9. The first-order valence-electron chi connectivity index (χ1n) is 9.38. The van der Waals surface area contributed by atoms with Crippen molar-refractivity contribution in [1.82, 2.24) is 4.90 Å². The van der Waals surface area contributed by atoms with E-state index < -0.39 is 5.97 Å². The summed E-state index contributed by atoms with van der Waals surface area (Å²) < 4.78 is 17.1. The van der Waals surface area contributed by atoms with Gasteiger partial charge in [-0.2, -0.15) is 0 Å². The number of carboxylic acids is 1. The molecule has 0 saturated carbocycles. The lowest BCUT2D eigenvalue weighted by atomic mass is 10.0. The van der Waals surface area contributed by atoms with Crippen LogP contribution in [-0.4, -0.2) is 59.9 Å². The third-order valence-electron chi connectivity index (χ3n) is 4.92. The fourth-order valence-electron chi connectivity index (χ4n) is 3.65. The number of aliphatic carboxylic acids is 1. The van der Waals surface area contributed by atoms with Crippen LogP contribution in [0.1, 0.15) is 38.7 Å². The number of carbonyl (C=O) groups is 2. The van der Waals surface area contributed by atoms with Crippen molar-refractivity contribution in [3.05, 3.63) is 23.8 Å². The number of carboxylic acid groups (broad SMARTS) is 1. The molecule has 2 aliphatic rings. The lowest BCUT2D eigenvalue weighted by Crippen LogP contribution is -2.46. The van der Waals surface area contributed by atoms with E-state index in [2.05, 4.69) is 0 Å². The number of hydrogen-bond acceptors (Lipinski definition) is 5. The molecule has 0 aromatic heterocycles. The topological polar surface area (TPSA) is 85.3 Å². The summed E-state index contributed by atoms with van der Waals surface area (Å²) in [6.07, 6.45) is 2.13. The van der Waals surface area contributed by atoms with Crippen molar-refractivity contribution in [1.29, 1.82) is 0 Å². The van der Waals surface area contributed by atoms with Crippen LogP contribution in [0.15, 0.2) is 18.2 Å². The van der Waals surface area contributed by atoms with E-state index in [0.29, 0.717) is 37.6 Å². The van der Waals surface area contributed by atoms with Crippen LogP contribution in [0.4, 0.5) is 0 Å². The molecular weight excluding hydrogens is 350 g/mol. The van der Waals surface area contributed by atoms with E-state index in [4.69, 9.17) is 19.3 Å². The van der Waals surface area contributed by atoms with Gasteiger partial charge in [0.15, 0.2) is 18.1 Å². The van der Waals surface area contributed by atoms with Crippen LogP contribution in [-0.2, 0) is 20.7 Å². The van der Waals surface area contributed by atoms with Crippen molar-refractivity contribution in [3.8, 4) is 11.5 Å². The largest absolute Gasteiger partial charge is 0.483 e. The van der Waals surface area contributed by atoms with E-state index in [1.807, 2.05) is 26.0 Å². The normalized spacial score (nSPS) is 18.4. The van der Waals surface area contributed by atoms with Crippen molar-refractivity contribution in [2.24, 2.45) is 0 Å². The van der Waals surface area contributed by atoms with Gasteiger partial charge in [-0.25, -0.2) is 0 Å². The van der Waals surface area contributed by atoms with Crippen molar-refractivity contribution < 1.29 is 28.9 Å². The fourth-order valence-corrected chi connectivity index (χ4v) is 3.65. The molecule has 27 heavy (non-hydrogen) atoms. The van der Waals surface area contributed by atoms with E-state index in [1.165, 1.54) is 0 Å². The Balaban J connectivity index is 1.66. The number of fused-ring (bicyclic) bond motifs is 1. The van der Waals surface area contributed by atoms with E-state index in [0.717, 1.165) is 12.0 Å². The first kappa shape index (κ1) is 19.5. The van der Waals surface area contributed by atoms with Crippen LogP contribution < -0.4 is 9.47 Å². The van der Waals surface area contributed by atoms with Crippen LogP contribution in [0.25, 0.3) is 0 Å². The molecule has 0 unspecified atom stereocenters. The fraction of sp³-hybridized carbons (Fsp3) is 0.600. The standard InChI is InChI=1S/C20H27NO6/c1-20(2)12-14-4-3-5-16(19(14)27-20)26-13-17(22)21(9-6-18(23)24)15-7-10-25-11-8-15/h3-5,15H,6-13H2,1-2H3,(H,23,24). The third kappa shape index (κ3) is 4.91. The number of nitrogens with zero attached hydrogens (tertiary/aromatic N) is 1. The van der Waals surface area contributed by atoms with Gasteiger partial charge >= 0.3 is 5.97 Å². The van der Waals surface area contributed by atoms with Crippen molar-refractivity contribution in [2.75, 3.05) is 26.4 Å². The van der Waals surface area contributed by atoms with Gasteiger partial charge in [0, 0.05) is 37.8 Å². The average molecular weight is 377 g/mol. The minimum atomic E-state index is -0.919. The van der Waals surface area contributed by atoms with Crippen molar-refractivity contribution in [3.63, 3.8) is 0 Å².